The van der Waals surface area contributed by atoms with E-state index < -0.39 is 6.09 Å². The standard InChI is InChI=1S/C10H13NO4/c1-6-8(12)3-2-7(9(6)13)4-5-11-10(14)15/h2-3,11-13H,4-5H2,1H3,(H,14,15). The number of nitrogens with one attached hydrogen (secondary N) is 1. The largest absolute Gasteiger partial charge is 0.508 e. The average Bonchev–Trinajstić information content (AvgIpc) is 2.18. The van der Waals surface area contributed by atoms with Crippen LogP contribution in [-0.4, -0.2) is 28.0 Å². The van der Waals surface area contributed by atoms with Gasteiger partial charge in [-0.25, -0.2) is 4.79 Å². The molecule has 0 unspecified atom stereocenters. The van der Waals surface area contributed by atoms with Gasteiger partial charge in [-0.3, -0.25) is 0 Å². The second-order valence-electron chi connectivity index (χ2n) is 3.20. The van der Waals surface area contributed by atoms with Crippen LogP contribution < -0.4 is 5.32 Å². The number of hydrogen-bond donors (Lipinski definition) is 4. The van der Waals surface area contributed by atoms with Crippen molar-refractivity contribution in [2.45, 2.75) is 13.3 Å². The smallest absolute Gasteiger partial charge is 0.404 e. The minimum atomic E-state index is -1.09. The third-order valence-electron chi connectivity index (χ3n) is 2.16. The number of amides is 1. The van der Waals surface area contributed by atoms with Gasteiger partial charge in [0.2, 0.25) is 0 Å². The Balaban J connectivity index is 2.70. The second-order valence-corrected chi connectivity index (χ2v) is 3.20. The summed E-state index contributed by atoms with van der Waals surface area (Å²) >= 11 is 0. The fourth-order valence-electron chi connectivity index (χ4n) is 1.25. The number of phenols is 2. The van der Waals surface area contributed by atoms with Gasteiger partial charge in [0.05, 0.1) is 0 Å². The van der Waals surface area contributed by atoms with Gasteiger partial charge in [-0.05, 0) is 25.0 Å². The van der Waals surface area contributed by atoms with Gasteiger partial charge in [0, 0.05) is 12.1 Å². The zero-order valence-corrected chi connectivity index (χ0v) is 8.32. The van der Waals surface area contributed by atoms with Crippen LogP contribution in [-0.2, 0) is 6.42 Å². The highest BCUT2D eigenvalue weighted by Crippen LogP contribution is 2.29. The predicted molar refractivity (Wildman–Crippen MR) is 54.2 cm³/mol. The molecule has 5 heteroatoms. The van der Waals surface area contributed by atoms with Crippen molar-refractivity contribution in [3.63, 3.8) is 0 Å². The molecule has 0 spiro atoms. The number of benzene rings is 1. The number of hydrogen-bond acceptors (Lipinski definition) is 3. The summed E-state index contributed by atoms with van der Waals surface area (Å²) in [5.41, 5.74) is 1.02. The summed E-state index contributed by atoms with van der Waals surface area (Å²) in [6.07, 6.45) is -0.704. The third-order valence-corrected chi connectivity index (χ3v) is 2.16. The molecular formula is C10H13NO4. The zero-order valence-electron chi connectivity index (χ0n) is 8.32. The molecule has 82 valence electrons. The van der Waals surface area contributed by atoms with Crippen LogP contribution in [0.25, 0.3) is 0 Å². The quantitative estimate of drug-likeness (QED) is 0.605. The van der Waals surface area contributed by atoms with Crippen LogP contribution in [0.15, 0.2) is 12.1 Å². The predicted octanol–water partition coefficient (Wildman–Crippen LogP) is 1.22. The van der Waals surface area contributed by atoms with E-state index in [1.165, 1.54) is 6.07 Å². The molecule has 0 heterocycles. The van der Waals surface area contributed by atoms with E-state index in [2.05, 4.69) is 5.32 Å². The van der Waals surface area contributed by atoms with Gasteiger partial charge in [-0.1, -0.05) is 6.07 Å². The molecule has 0 radical (unpaired) electrons. The normalized spacial score (nSPS) is 9.93. The summed E-state index contributed by atoms with van der Waals surface area (Å²) in [4.78, 5) is 10.2. The summed E-state index contributed by atoms with van der Waals surface area (Å²) in [7, 11) is 0. The van der Waals surface area contributed by atoms with E-state index in [9.17, 15) is 15.0 Å². The van der Waals surface area contributed by atoms with E-state index in [1.54, 1.807) is 13.0 Å². The SMILES string of the molecule is Cc1c(O)ccc(CCNC(=O)O)c1O. The number of carboxylic acid groups (broad SMARTS) is 1. The first-order chi connectivity index (χ1) is 7.02. The molecule has 15 heavy (non-hydrogen) atoms. The molecule has 0 atom stereocenters. The third kappa shape index (κ3) is 2.77. The van der Waals surface area contributed by atoms with Gasteiger partial charge in [0.1, 0.15) is 11.5 Å². The monoisotopic (exact) mass is 211 g/mol. The van der Waals surface area contributed by atoms with E-state index in [-0.39, 0.29) is 18.0 Å². The first kappa shape index (κ1) is 11.2. The summed E-state index contributed by atoms with van der Waals surface area (Å²) in [5, 5.41) is 29.4. The van der Waals surface area contributed by atoms with Crippen LogP contribution in [0, 0.1) is 6.92 Å². The van der Waals surface area contributed by atoms with Crippen LogP contribution in [0.5, 0.6) is 11.5 Å². The summed E-state index contributed by atoms with van der Waals surface area (Å²) in [5.74, 6) is 0.0460. The fraction of sp³-hybridized carbons (Fsp3) is 0.300. The highest BCUT2D eigenvalue weighted by Gasteiger charge is 2.07. The van der Waals surface area contributed by atoms with Crippen molar-refractivity contribution in [2.75, 3.05) is 6.54 Å². The van der Waals surface area contributed by atoms with Crippen molar-refractivity contribution in [3.8, 4) is 11.5 Å². The molecule has 0 aromatic heterocycles. The number of phenolic OH excluding ortho intramolecular Hbond substituents is 2. The van der Waals surface area contributed by atoms with Gasteiger partial charge in [0.15, 0.2) is 0 Å². The van der Waals surface area contributed by atoms with Crippen molar-refractivity contribution in [3.05, 3.63) is 23.3 Å². The molecule has 0 aliphatic heterocycles. The Bertz CT molecular complexity index is 376. The van der Waals surface area contributed by atoms with Crippen molar-refractivity contribution >= 4 is 6.09 Å². The molecule has 5 nitrogen and oxygen atoms in total. The molecule has 0 saturated heterocycles. The van der Waals surface area contributed by atoms with Crippen molar-refractivity contribution in [1.29, 1.82) is 0 Å². The van der Waals surface area contributed by atoms with E-state index in [0.717, 1.165) is 0 Å². The molecule has 0 fully saturated rings. The molecule has 0 aliphatic carbocycles. The van der Waals surface area contributed by atoms with Crippen molar-refractivity contribution in [1.82, 2.24) is 5.32 Å². The Kier molecular flexibility index (Phi) is 3.38. The molecule has 1 aromatic rings. The Morgan fingerprint density at radius 3 is 2.67 bits per heavy atom. The lowest BCUT2D eigenvalue weighted by atomic mass is 10.1. The van der Waals surface area contributed by atoms with Gasteiger partial charge >= 0.3 is 6.09 Å². The van der Waals surface area contributed by atoms with Gasteiger partial charge in [-0.2, -0.15) is 0 Å². The minimum absolute atomic E-state index is 0.0159. The van der Waals surface area contributed by atoms with Gasteiger partial charge < -0.3 is 20.6 Å². The van der Waals surface area contributed by atoms with Gasteiger partial charge in [-0.15, -0.1) is 0 Å². The van der Waals surface area contributed by atoms with Crippen LogP contribution >= 0.6 is 0 Å². The molecular weight excluding hydrogens is 198 g/mol. The van der Waals surface area contributed by atoms with Crippen LogP contribution in [0.3, 0.4) is 0 Å². The average molecular weight is 211 g/mol. The molecule has 0 saturated carbocycles. The Hall–Kier alpha value is -1.91. The van der Waals surface area contributed by atoms with Crippen molar-refractivity contribution < 1.29 is 20.1 Å². The lowest BCUT2D eigenvalue weighted by Crippen LogP contribution is -2.23. The molecule has 1 rings (SSSR count). The summed E-state index contributed by atoms with van der Waals surface area (Å²) in [6, 6.07) is 3.05. The first-order valence-electron chi connectivity index (χ1n) is 4.49. The highest BCUT2D eigenvalue weighted by molar-refractivity contribution is 5.64. The molecule has 4 N–H and O–H groups in total. The Morgan fingerprint density at radius 1 is 1.40 bits per heavy atom. The van der Waals surface area contributed by atoms with Crippen molar-refractivity contribution in [2.24, 2.45) is 0 Å². The van der Waals surface area contributed by atoms with Gasteiger partial charge in [0.25, 0.3) is 0 Å². The maximum atomic E-state index is 10.2. The summed E-state index contributed by atoms with van der Waals surface area (Å²) < 4.78 is 0. The first-order valence-corrected chi connectivity index (χ1v) is 4.49. The van der Waals surface area contributed by atoms with E-state index >= 15 is 0 Å². The lowest BCUT2D eigenvalue weighted by Gasteiger charge is -2.08. The number of aromatic hydroxyl groups is 2. The lowest BCUT2D eigenvalue weighted by molar-refractivity contribution is 0.194. The number of carbonyl (C=O) groups is 1. The van der Waals surface area contributed by atoms with E-state index in [4.69, 9.17) is 5.11 Å². The molecule has 0 aliphatic rings. The van der Waals surface area contributed by atoms with E-state index in [1.807, 2.05) is 0 Å². The van der Waals surface area contributed by atoms with E-state index in [0.29, 0.717) is 17.5 Å². The maximum absolute atomic E-state index is 10.2. The molecule has 1 aromatic carbocycles. The van der Waals surface area contributed by atoms with Crippen LogP contribution in [0.4, 0.5) is 4.79 Å². The summed E-state index contributed by atoms with van der Waals surface area (Å²) in [6.45, 7) is 1.83. The second kappa shape index (κ2) is 4.54. The topological polar surface area (TPSA) is 89.8 Å². The minimum Gasteiger partial charge on any atom is -0.508 e. The Labute approximate surface area is 87.0 Å². The molecule has 0 bridgehead atoms. The maximum Gasteiger partial charge on any atom is 0.404 e. The molecule has 1 amide bonds. The number of rotatable bonds is 3. The Morgan fingerprint density at radius 2 is 2.07 bits per heavy atom. The fourth-order valence-corrected chi connectivity index (χ4v) is 1.25. The van der Waals surface area contributed by atoms with Crippen LogP contribution in [0.1, 0.15) is 11.1 Å². The highest BCUT2D eigenvalue weighted by atomic mass is 16.4. The van der Waals surface area contributed by atoms with Crippen LogP contribution in [0.2, 0.25) is 0 Å². The zero-order chi connectivity index (χ0) is 11.4.